The summed E-state index contributed by atoms with van der Waals surface area (Å²) >= 11 is 0. The number of nitrogens with zero attached hydrogens (tertiary/aromatic N) is 2. The molecule has 0 atom stereocenters. The van der Waals surface area contributed by atoms with Crippen LogP contribution in [0, 0.1) is 22.7 Å². The maximum Gasteiger partial charge on any atom is 0.0991 e. The summed E-state index contributed by atoms with van der Waals surface area (Å²) in [6, 6.07) is 37.0. The highest BCUT2D eigenvalue weighted by molar-refractivity contribution is 6.09. The summed E-state index contributed by atoms with van der Waals surface area (Å²) in [6.07, 6.45) is 0. The van der Waals surface area contributed by atoms with Gasteiger partial charge in [-0.3, -0.25) is 0 Å². The van der Waals surface area contributed by atoms with Crippen molar-refractivity contribution in [3.05, 3.63) is 108 Å². The molecule has 0 spiro atoms. The zero-order valence-corrected chi connectivity index (χ0v) is 16.1. The molecule has 0 amide bonds. The third kappa shape index (κ3) is 2.98. The van der Waals surface area contributed by atoms with E-state index in [4.69, 9.17) is 10.5 Å². The standard InChI is InChI=1S/C28H16N2/c29-17-19-7-11-21(12-8-19)25-5-1-3-23-15-28-24(16-27(23)25)4-2-6-26(28)22-13-9-20(18-30)10-14-22/h1-16H. The topological polar surface area (TPSA) is 47.6 Å². The molecule has 0 saturated carbocycles. The van der Waals surface area contributed by atoms with E-state index in [0.29, 0.717) is 11.1 Å². The lowest BCUT2D eigenvalue weighted by atomic mass is 9.92. The van der Waals surface area contributed by atoms with E-state index in [0.717, 1.165) is 22.3 Å². The molecule has 0 heterocycles. The predicted octanol–water partition coefficient (Wildman–Crippen LogP) is 7.07. The second-order valence-electron chi connectivity index (χ2n) is 7.28. The summed E-state index contributed by atoms with van der Waals surface area (Å²) < 4.78 is 0. The highest BCUT2D eigenvalue weighted by atomic mass is 14.2. The minimum Gasteiger partial charge on any atom is -0.192 e. The number of benzene rings is 5. The smallest absolute Gasteiger partial charge is 0.0991 e. The number of rotatable bonds is 2. The molecular formula is C28H16N2. The van der Waals surface area contributed by atoms with Crippen LogP contribution in [0.3, 0.4) is 0 Å². The molecule has 2 nitrogen and oxygen atoms in total. The maximum absolute atomic E-state index is 9.07. The first-order valence-electron chi connectivity index (χ1n) is 9.73. The summed E-state index contributed by atoms with van der Waals surface area (Å²) in [4.78, 5) is 0. The molecule has 5 aromatic carbocycles. The lowest BCUT2D eigenvalue weighted by molar-refractivity contribution is 1.48. The van der Waals surface area contributed by atoms with Crippen molar-refractivity contribution in [1.29, 1.82) is 10.5 Å². The molecule has 30 heavy (non-hydrogen) atoms. The quantitative estimate of drug-likeness (QED) is 0.307. The molecule has 0 saturated heterocycles. The van der Waals surface area contributed by atoms with Crippen molar-refractivity contribution >= 4 is 21.5 Å². The number of nitriles is 2. The molecule has 138 valence electrons. The Hall–Kier alpha value is -4.40. The summed E-state index contributed by atoms with van der Waals surface area (Å²) in [5, 5.41) is 22.9. The highest BCUT2D eigenvalue weighted by Crippen LogP contribution is 2.35. The molecule has 5 aromatic rings. The van der Waals surface area contributed by atoms with Crippen LogP contribution < -0.4 is 0 Å². The van der Waals surface area contributed by atoms with E-state index in [1.165, 1.54) is 21.5 Å². The SMILES string of the molecule is N#Cc1ccc(-c2cccc3cc4c(-c5ccc(C#N)cc5)cccc4cc23)cc1. The Bertz CT molecular complexity index is 1360. The molecule has 0 aliphatic rings. The third-order valence-corrected chi connectivity index (χ3v) is 5.53. The molecule has 0 bridgehead atoms. The van der Waals surface area contributed by atoms with E-state index in [1.807, 2.05) is 48.5 Å². The normalized spacial score (nSPS) is 10.6. The number of hydrogen-bond acceptors (Lipinski definition) is 2. The molecule has 0 aromatic heterocycles. The summed E-state index contributed by atoms with van der Waals surface area (Å²) in [5.41, 5.74) is 5.84. The van der Waals surface area contributed by atoms with Crippen LogP contribution >= 0.6 is 0 Å². The zero-order valence-electron chi connectivity index (χ0n) is 16.1. The van der Waals surface area contributed by atoms with Crippen molar-refractivity contribution in [3.8, 4) is 34.4 Å². The Morgan fingerprint density at radius 2 is 0.867 bits per heavy atom. The second-order valence-corrected chi connectivity index (χ2v) is 7.28. The summed E-state index contributed by atoms with van der Waals surface area (Å²) in [6.45, 7) is 0. The minimum atomic E-state index is 0.663. The third-order valence-electron chi connectivity index (χ3n) is 5.53. The van der Waals surface area contributed by atoms with E-state index in [-0.39, 0.29) is 0 Å². The van der Waals surface area contributed by atoms with Crippen LogP contribution in [0.1, 0.15) is 11.1 Å². The van der Waals surface area contributed by atoms with E-state index in [1.54, 1.807) is 0 Å². The van der Waals surface area contributed by atoms with Crippen molar-refractivity contribution < 1.29 is 0 Å². The Balaban J connectivity index is 1.72. The Kier molecular flexibility index (Phi) is 4.25. The first kappa shape index (κ1) is 17.7. The number of fused-ring (bicyclic) bond motifs is 2. The minimum absolute atomic E-state index is 0.663. The molecule has 0 unspecified atom stereocenters. The largest absolute Gasteiger partial charge is 0.192 e. The molecular weight excluding hydrogens is 364 g/mol. The summed E-state index contributed by atoms with van der Waals surface area (Å²) in [7, 11) is 0. The fourth-order valence-electron chi connectivity index (χ4n) is 4.00. The monoisotopic (exact) mass is 380 g/mol. The maximum atomic E-state index is 9.07. The van der Waals surface area contributed by atoms with Gasteiger partial charge in [0.2, 0.25) is 0 Å². The van der Waals surface area contributed by atoms with Crippen LogP contribution in [-0.4, -0.2) is 0 Å². The van der Waals surface area contributed by atoms with Crippen LogP contribution in [0.5, 0.6) is 0 Å². The lowest BCUT2D eigenvalue weighted by Gasteiger charge is -2.12. The Morgan fingerprint density at radius 1 is 0.467 bits per heavy atom. The molecule has 0 fully saturated rings. The Morgan fingerprint density at radius 3 is 1.23 bits per heavy atom. The van der Waals surface area contributed by atoms with Gasteiger partial charge in [0.1, 0.15) is 0 Å². The van der Waals surface area contributed by atoms with Gasteiger partial charge in [0.05, 0.1) is 23.3 Å². The molecule has 0 N–H and O–H groups in total. The van der Waals surface area contributed by atoms with Gasteiger partial charge in [-0.25, -0.2) is 0 Å². The van der Waals surface area contributed by atoms with Crippen molar-refractivity contribution in [3.63, 3.8) is 0 Å². The van der Waals surface area contributed by atoms with Crippen molar-refractivity contribution in [2.45, 2.75) is 0 Å². The van der Waals surface area contributed by atoms with E-state index in [2.05, 4.69) is 60.7 Å². The van der Waals surface area contributed by atoms with Gasteiger partial charge in [0.25, 0.3) is 0 Å². The average Bonchev–Trinajstić information content (AvgIpc) is 2.82. The molecule has 0 aliphatic carbocycles. The fourth-order valence-corrected chi connectivity index (χ4v) is 4.00. The van der Waals surface area contributed by atoms with Gasteiger partial charge in [-0.2, -0.15) is 10.5 Å². The van der Waals surface area contributed by atoms with Crippen molar-refractivity contribution in [1.82, 2.24) is 0 Å². The van der Waals surface area contributed by atoms with Crippen LogP contribution in [-0.2, 0) is 0 Å². The van der Waals surface area contributed by atoms with Gasteiger partial charge < -0.3 is 0 Å². The lowest BCUT2D eigenvalue weighted by Crippen LogP contribution is -1.86. The first-order chi connectivity index (χ1) is 14.8. The van der Waals surface area contributed by atoms with Gasteiger partial charge in [0.15, 0.2) is 0 Å². The zero-order chi connectivity index (χ0) is 20.5. The molecule has 0 radical (unpaired) electrons. The second kappa shape index (κ2) is 7.21. The highest BCUT2D eigenvalue weighted by Gasteiger charge is 2.09. The van der Waals surface area contributed by atoms with Crippen molar-refractivity contribution in [2.24, 2.45) is 0 Å². The van der Waals surface area contributed by atoms with Gasteiger partial charge in [0, 0.05) is 0 Å². The fraction of sp³-hybridized carbons (Fsp3) is 0. The van der Waals surface area contributed by atoms with E-state index < -0.39 is 0 Å². The van der Waals surface area contributed by atoms with Crippen molar-refractivity contribution in [2.75, 3.05) is 0 Å². The van der Waals surface area contributed by atoms with E-state index >= 15 is 0 Å². The first-order valence-corrected chi connectivity index (χ1v) is 9.73. The van der Waals surface area contributed by atoms with Crippen LogP contribution in [0.25, 0.3) is 43.8 Å². The molecule has 0 aliphatic heterocycles. The van der Waals surface area contributed by atoms with Gasteiger partial charge in [-0.1, -0.05) is 60.7 Å². The van der Waals surface area contributed by atoms with Crippen LogP contribution in [0.2, 0.25) is 0 Å². The molecule has 5 rings (SSSR count). The van der Waals surface area contributed by atoms with Crippen LogP contribution in [0.15, 0.2) is 97.1 Å². The van der Waals surface area contributed by atoms with Crippen LogP contribution in [0.4, 0.5) is 0 Å². The Labute approximate surface area is 174 Å². The van der Waals surface area contributed by atoms with Gasteiger partial charge in [-0.05, 0) is 80.2 Å². The molecule has 2 heteroatoms. The van der Waals surface area contributed by atoms with Gasteiger partial charge >= 0.3 is 0 Å². The predicted molar refractivity (Wildman–Crippen MR) is 122 cm³/mol. The van der Waals surface area contributed by atoms with Gasteiger partial charge in [-0.15, -0.1) is 0 Å². The van der Waals surface area contributed by atoms with E-state index in [9.17, 15) is 0 Å². The number of hydrogen-bond donors (Lipinski definition) is 0. The summed E-state index contributed by atoms with van der Waals surface area (Å²) in [5.74, 6) is 0. The average molecular weight is 380 g/mol.